The maximum atomic E-state index is 5.83. The first kappa shape index (κ1) is 16.6. The predicted molar refractivity (Wildman–Crippen MR) is 103 cm³/mol. The Morgan fingerprint density at radius 2 is 2.08 bits per heavy atom. The number of nitrogens with zero attached hydrogens (tertiary/aromatic N) is 6. The van der Waals surface area contributed by atoms with Crippen LogP contribution in [0.1, 0.15) is 12.0 Å². The van der Waals surface area contributed by atoms with Crippen LogP contribution in [0.4, 0.5) is 5.82 Å². The Hall–Kier alpha value is -2.87. The third-order valence-electron chi connectivity index (χ3n) is 4.09. The summed E-state index contributed by atoms with van der Waals surface area (Å²) in [5.74, 6) is 1.37. The fraction of sp³-hybridized carbons (Fsp3) is 0.222. The van der Waals surface area contributed by atoms with Crippen molar-refractivity contribution in [1.82, 2.24) is 29.1 Å². The molecular formula is C18H19N7S. The lowest BCUT2D eigenvalue weighted by Gasteiger charge is -2.08. The van der Waals surface area contributed by atoms with Crippen LogP contribution in [0, 0.1) is 6.92 Å². The van der Waals surface area contributed by atoms with Gasteiger partial charge in [0.25, 0.3) is 0 Å². The Kier molecular flexibility index (Phi) is 4.57. The molecule has 0 aliphatic rings. The van der Waals surface area contributed by atoms with Gasteiger partial charge in [0.1, 0.15) is 11.8 Å². The molecule has 3 heterocycles. The molecule has 0 fully saturated rings. The number of thioether (sulfide) groups is 1. The Labute approximate surface area is 155 Å². The number of aromatic nitrogens is 6. The molecule has 0 bridgehead atoms. The highest BCUT2D eigenvalue weighted by atomic mass is 32.2. The number of aryl methyl sites for hydroxylation is 2. The van der Waals surface area contributed by atoms with Gasteiger partial charge in [-0.1, -0.05) is 23.9 Å². The van der Waals surface area contributed by atoms with E-state index in [-0.39, 0.29) is 0 Å². The van der Waals surface area contributed by atoms with E-state index < -0.39 is 0 Å². The smallest absolute Gasteiger partial charge is 0.172 e. The SMILES string of the molecule is Cc1cccc(-n2ccnc2SCCCn2cnc3c(N)ncnc32)c1. The minimum atomic E-state index is 0.420. The quantitative estimate of drug-likeness (QED) is 0.417. The zero-order valence-corrected chi connectivity index (χ0v) is 15.2. The standard InChI is InChI=1S/C18H19N7S/c1-13-4-2-5-14(10-13)25-8-6-20-18(25)26-9-3-7-24-12-23-15-16(19)21-11-22-17(15)24/h2,4-6,8,10-12H,3,7,9H2,1H3,(H2,19,21,22). The largest absolute Gasteiger partial charge is 0.382 e. The molecule has 0 radical (unpaired) electrons. The summed E-state index contributed by atoms with van der Waals surface area (Å²) in [6.07, 6.45) is 8.06. The van der Waals surface area contributed by atoms with E-state index in [1.807, 2.05) is 17.0 Å². The van der Waals surface area contributed by atoms with Gasteiger partial charge < -0.3 is 10.3 Å². The van der Waals surface area contributed by atoms with E-state index in [2.05, 4.69) is 55.7 Å². The van der Waals surface area contributed by atoms with Crippen LogP contribution in [0.2, 0.25) is 0 Å². The fourth-order valence-electron chi connectivity index (χ4n) is 2.83. The van der Waals surface area contributed by atoms with Crippen LogP contribution in [0.25, 0.3) is 16.9 Å². The molecule has 1 aromatic carbocycles. The predicted octanol–water partition coefficient (Wildman–Crippen LogP) is 3.09. The average Bonchev–Trinajstić information content (AvgIpc) is 3.26. The zero-order chi connectivity index (χ0) is 17.9. The lowest BCUT2D eigenvalue weighted by molar-refractivity contribution is 0.695. The molecule has 0 unspecified atom stereocenters. The molecule has 0 atom stereocenters. The summed E-state index contributed by atoms with van der Waals surface area (Å²) >= 11 is 1.75. The highest BCUT2D eigenvalue weighted by Gasteiger charge is 2.09. The molecule has 8 heteroatoms. The molecule has 0 aliphatic carbocycles. The molecule has 132 valence electrons. The molecule has 0 spiro atoms. The van der Waals surface area contributed by atoms with Gasteiger partial charge in [-0.15, -0.1) is 0 Å². The topological polar surface area (TPSA) is 87.4 Å². The van der Waals surface area contributed by atoms with Gasteiger partial charge in [-0.3, -0.25) is 4.57 Å². The molecule has 0 saturated heterocycles. The van der Waals surface area contributed by atoms with E-state index in [1.165, 1.54) is 11.9 Å². The molecule has 0 aliphatic heterocycles. The maximum Gasteiger partial charge on any atom is 0.172 e. The van der Waals surface area contributed by atoms with E-state index in [0.29, 0.717) is 11.3 Å². The van der Waals surface area contributed by atoms with Gasteiger partial charge in [0, 0.05) is 30.4 Å². The van der Waals surface area contributed by atoms with Crippen molar-refractivity contribution in [1.29, 1.82) is 0 Å². The van der Waals surface area contributed by atoms with Crippen molar-refractivity contribution in [2.24, 2.45) is 0 Å². The number of benzene rings is 1. The number of hydrogen-bond donors (Lipinski definition) is 1. The van der Waals surface area contributed by atoms with Gasteiger partial charge >= 0.3 is 0 Å². The summed E-state index contributed by atoms with van der Waals surface area (Å²) < 4.78 is 4.14. The highest BCUT2D eigenvalue weighted by molar-refractivity contribution is 7.99. The van der Waals surface area contributed by atoms with E-state index >= 15 is 0 Å². The lowest BCUT2D eigenvalue weighted by Crippen LogP contribution is -2.01. The third-order valence-corrected chi connectivity index (χ3v) is 5.14. The molecule has 0 saturated carbocycles. The first-order valence-corrected chi connectivity index (χ1v) is 9.35. The monoisotopic (exact) mass is 365 g/mol. The molecule has 7 nitrogen and oxygen atoms in total. The highest BCUT2D eigenvalue weighted by Crippen LogP contribution is 2.22. The second-order valence-electron chi connectivity index (χ2n) is 5.99. The molecule has 2 N–H and O–H groups in total. The number of nitrogen functional groups attached to an aromatic ring is 1. The number of anilines is 1. The number of nitrogens with two attached hydrogens (primary N) is 1. The molecular weight excluding hydrogens is 346 g/mol. The summed E-state index contributed by atoms with van der Waals surface area (Å²) in [5.41, 5.74) is 9.65. The zero-order valence-electron chi connectivity index (χ0n) is 14.4. The summed E-state index contributed by atoms with van der Waals surface area (Å²) in [4.78, 5) is 17.0. The summed E-state index contributed by atoms with van der Waals surface area (Å²) in [7, 11) is 0. The van der Waals surface area contributed by atoms with Crippen LogP contribution in [-0.4, -0.2) is 34.8 Å². The van der Waals surface area contributed by atoms with Gasteiger partial charge in [0.05, 0.1) is 6.33 Å². The van der Waals surface area contributed by atoms with Gasteiger partial charge in [-0.25, -0.2) is 19.9 Å². The van der Waals surface area contributed by atoms with Crippen molar-refractivity contribution in [3.8, 4) is 5.69 Å². The second-order valence-corrected chi connectivity index (χ2v) is 7.05. The van der Waals surface area contributed by atoms with Gasteiger partial charge in [0.2, 0.25) is 0 Å². The van der Waals surface area contributed by atoms with Crippen molar-refractivity contribution in [3.05, 3.63) is 54.9 Å². The van der Waals surface area contributed by atoms with Crippen molar-refractivity contribution in [2.75, 3.05) is 11.5 Å². The first-order valence-electron chi connectivity index (χ1n) is 8.37. The van der Waals surface area contributed by atoms with E-state index in [4.69, 9.17) is 5.73 Å². The van der Waals surface area contributed by atoms with E-state index in [1.54, 1.807) is 18.1 Å². The van der Waals surface area contributed by atoms with Gasteiger partial charge in [-0.2, -0.15) is 0 Å². The summed E-state index contributed by atoms with van der Waals surface area (Å²) in [6, 6.07) is 8.42. The summed E-state index contributed by atoms with van der Waals surface area (Å²) in [5, 5.41) is 0.998. The average molecular weight is 365 g/mol. The van der Waals surface area contributed by atoms with E-state index in [0.717, 1.165) is 35.2 Å². The number of fused-ring (bicyclic) bond motifs is 1. The van der Waals surface area contributed by atoms with Crippen LogP contribution < -0.4 is 5.73 Å². The fourth-order valence-corrected chi connectivity index (χ4v) is 3.73. The number of imidazole rings is 2. The molecule has 26 heavy (non-hydrogen) atoms. The minimum absolute atomic E-state index is 0.420. The van der Waals surface area contributed by atoms with Crippen LogP contribution >= 0.6 is 11.8 Å². The van der Waals surface area contributed by atoms with Crippen LogP contribution in [0.5, 0.6) is 0 Å². The molecule has 4 aromatic rings. The Morgan fingerprint density at radius 1 is 1.15 bits per heavy atom. The Balaban J connectivity index is 1.40. The lowest BCUT2D eigenvalue weighted by atomic mass is 10.2. The van der Waals surface area contributed by atoms with Gasteiger partial charge in [0.15, 0.2) is 16.6 Å². The third kappa shape index (κ3) is 3.28. The van der Waals surface area contributed by atoms with Crippen molar-refractivity contribution < 1.29 is 0 Å². The van der Waals surface area contributed by atoms with Crippen molar-refractivity contribution >= 4 is 28.7 Å². The Bertz CT molecular complexity index is 1040. The van der Waals surface area contributed by atoms with Crippen LogP contribution in [0.3, 0.4) is 0 Å². The normalized spacial score (nSPS) is 11.3. The first-order chi connectivity index (χ1) is 12.7. The molecule has 4 rings (SSSR count). The molecule has 0 amide bonds. The van der Waals surface area contributed by atoms with E-state index in [9.17, 15) is 0 Å². The van der Waals surface area contributed by atoms with Crippen LogP contribution in [0.15, 0.2) is 54.5 Å². The van der Waals surface area contributed by atoms with Crippen molar-refractivity contribution in [3.63, 3.8) is 0 Å². The Morgan fingerprint density at radius 3 is 2.96 bits per heavy atom. The van der Waals surface area contributed by atoms with Gasteiger partial charge in [-0.05, 0) is 31.0 Å². The molecule has 3 aromatic heterocycles. The van der Waals surface area contributed by atoms with Crippen molar-refractivity contribution in [2.45, 2.75) is 25.0 Å². The second kappa shape index (κ2) is 7.17. The minimum Gasteiger partial charge on any atom is -0.382 e. The number of rotatable bonds is 6. The maximum absolute atomic E-state index is 5.83. The van der Waals surface area contributed by atoms with Crippen LogP contribution in [-0.2, 0) is 6.54 Å². The summed E-state index contributed by atoms with van der Waals surface area (Å²) in [6.45, 7) is 2.92. The number of hydrogen-bond acceptors (Lipinski definition) is 6.